The van der Waals surface area contributed by atoms with Gasteiger partial charge in [-0.3, -0.25) is 0 Å². The molecule has 1 unspecified atom stereocenters. The molecule has 0 aliphatic rings. The highest BCUT2D eigenvalue weighted by Crippen LogP contribution is 2.32. The van der Waals surface area contributed by atoms with Gasteiger partial charge in [-0.25, -0.2) is 4.98 Å². The van der Waals surface area contributed by atoms with Crippen molar-refractivity contribution in [2.24, 2.45) is 5.73 Å². The summed E-state index contributed by atoms with van der Waals surface area (Å²) in [4.78, 5) is 5.77. The Morgan fingerprint density at radius 3 is 2.87 bits per heavy atom. The maximum atomic E-state index is 5.74. The van der Waals surface area contributed by atoms with E-state index in [4.69, 9.17) is 5.73 Å². The Kier molecular flexibility index (Phi) is 3.56. The highest BCUT2D eigenvalue weighted by molar-refractivity contribution is 9.10. The summed E-state index contributed by atoms with van der Waals surface area (Å²) in [6.45, 7) is 2.00. The van der Waals surface area contributed by atoms with Crippen molar-refractivity contribution in [1.29, 1.82) is 0 Å². The summed E-state index contributed by atoms with van der Waals surface area (Å²) in [5.74, 6) is 0. The lowest BCUT2D eigenvalue weighted by Crippen LogP contribution is -2.17. The maximum absolute atomic E-state index is 5.74. The first-order valence-corrected chi connectivity index (χ1v) is 7.15. The molecule has 5 heteroatoms. The van der Waals surface area contributed by atoms with E-state index in [-0.39, 0.29) is 6.04 Å². The van der Waals surface area contributed by atoms with Crippen molar-refractivity contribution < 1.29 is 0 Å². The molecule has 2 aromatic rings. The van der Waals surface area contributed by atoms with Crippen molar-refractivity contribution in [3.8, 4) is 9.88 Å². The second-order valence-corrected chi connectivity index (χ2v) is 6.14. The third kappa shape index (κ3) is 2.87. The van der Waals surface area contributed by atoms with Gasteiger partial charge in [-0.1, -0.05) is 0 Å². The zero-order chi connectivity index (χ0) is 10.8. The van der Waals surface area contributed by atoms with Gasteiger partial charge in [0.05, 0.1) is 10.6 Å². The van der Waals surface area contributed by atoms with Crippen molar-refractivity contribution in [2.75, 3.05) is 0 Å². The van der Waals surface area contributed by atoms with Crippen LogP contribution < -0.4 is 5.73 Å². The van der Waals surface area contributed by atoms with Crippen LogP contribution in [-0.4, -0.2) is 11.0 Å². The van der Waals surface area contributed by atoms with Gasteiger partial charge in [-0.2, -0.15) is 0 Å². The SMILES string of the molecule is CC(N)Cc1csc(-c2cc(Br)cs2)n1. The fourth-order valence-corrected chi connectivity index (χ4v) is 3.61. The van der Waals surface area contributed by atoms with Crippen LogP contribution in [0.1, 0.15) is 12.6 Å². The van der Waals surface area contributed by atoms with E-state index in [0.717, 1.165) is 21.6 Å². The average molecular weight is 303 g/mol. The summed E-state index contributed by atoms with van der Waals surface area (Å²) in [5.41, 5.74) is 6.83. The summed E-state index contributed by atoms with van der Waals surface area (Å²) >= 11 is 6.83. The number of halogens is 1. The van der Waals surface area contributed by atoms with Gasteiger partial charge in [0.2, 0.25) is 0 Å². The molecule has 15 heavy (non-hydrogen) atoms. The van der Waals surface area contributed by atoms with E-state index in [9.17, 15) is 0 Å². The van der Waals surface area contributed by atoms with Crippen LogP contribution in [-0.2, 0) is 6.42 Å². The molecule has 1 atom stereocenters. The molecule has 0 spiro atoms. The van der Waals surface area contributed by atoms with Crippen molar-refractivity contribution in [1.82, 2.24) is 4.98 Å². The normalized spacial score (nSPS) is 13.0. The van der Waals surface area contributed by atoms with E-state index in [2.05, 4.69) is 37.7 Å². The Morgan fingerprint density at radius 1 is 1.47 bits per heavy atom. The summed E-state index contributed by atoms with van der Waals surface area (Å²) in [5, 5.41) is 5.25. The smallest absolute Gasteiger partial charge is 0.133 e. The number of thiophene rings is 1. The fourth-order valence-electron chi connectivity index (χ4n) is 1.27. The third-order valence-electron chi connectivity index (χ3n) is 1.86. The lowest BCUT2D eigenvalue weighted by Gasteiger charge is -1.99. The summed E-state index contributed by atoms with van der Waals surface area (Å²) < 4.78 is 1.12. The monoisotopic (exact) mass is 302 g/mol. The Labute approximate surface area is 105 Å². The molecule has 0 fully saturated rings. The van der Waals surface area contributed by atoms with Gasteiger partial charge < -0.3 is 5.73 Å². The van der Waals surface area contributed by atoms with Crippen LogP contribution in [0.15, 0.2) is 21.3 Å². The average Bonchev–Trinajstić information content (AvgIpc) is 2.72. The van der Waals surface area contributed by atoms with E-state index < -0.39 is 0 Å². The molecular weight excluding hydrogens is 292 g/mol. The highest BCUT2D eigenvalue weighted by atomic mass is 79.9. The van der Waals surface area contributed by atoms with Gasteiger partial charge in [0.1, 0.15) is 5.01 Å². The second-order valence-electron chi connectivity index (χ2n) is 3.45. The molecule has 2 rings (SSSR count). The van der Waals surface area contributed by atoms with Gasteiger partial charge in [0.25, 0.3) is 0 Å². The maximum Gasteiger partial charge on any atom is 0.133 e. The highest BCUT2D eigenvalue weighted by Gasteiger charge is 2.08. The molecule has 80 valence electrons. The molecule has 0 amide bonds. The zero-order valence-corrected chi connectivity index (χ0v) is 11.5. The minimum atomic E-state index is 0.176. The number of hydrogen-bond acceptors (Lipinski definition) is 4. The molecule has 2 heterocycles. The van der Waals surface area contributed by atoms with Gasteiger partial charge >= 0.3 is 0 Å². The molecule has 0 saturated carbocycles. The Morgan fingerprint density at radius 2 is 2.27 bits per heavy atom. The number of nitrogens with zero attached hydrogens (tertiary/aromatic N) is 1. The fraction of sp³-hybridized carbons (Fsp3) is 0.300. The lowest BCUT2D eigenvalue weighted by atomic mass is 10.2. The van der Waals surface area contributed by atoms with Crippen LogP contribution in [0.3, 0.4) is 0 Å². The number of rotatable bonds is 3. The molecule has 2 N–H and O–H groups in total. The zero-order valence-electron chi connectivity index (χ0n) is 8.24. The Balaban J connectivity index is 2.20. The first kappa shape index (κ1) is 11.3. The quantitative estimate of drug-likeness (QED) is 0.942. The molecule has 2 aromatic heterocycles. The summed E-state index contributed by atoms with van der Waals surface area (Å²) in [6, 6.07) is 2.27. The number of hydrogen-bond donors (Lipinski definition) is 1. The largest absolute Gasteiger partial charge is 0.328 e. The summed E-state index contributed by atoms with van der Waals surface area (Å²) in [6.07, 6.45) is 0.850. The molecule has 0 aliphatic heterocycles. The molecule has 0 aromatic carbocycles. The van der Waals surface area contributed by atoms with Crippen LogP contribution in [0.5, 0.6) is 0 Å². The first-order valence-electron chi connectivity index (χ1n) is 4.59. The standard InChI is InChI=1S/C10H11BrN2S2/c1-6(12)2-8-5-15-10(13-8)9-3-7(11)4-14-9/h3-6H,2,12H2,1H3. The topological polar surface area (TPSA) is 38.9 Å². The van der Waals surface area contributed by atoms with Crippen LogP contribution in [0.25, 0.3) is 9.88 Å². The predicted octanol–water partition coefficient (Wildman–Crippen LogP) is 3.52. The van der Waals surface area contributed by atoms with Crippen molar-refractivity contribution in [3.63, 3.8) is 0 Å². The predicted molar refractivity (Wildman–Crippen MR) is 70.5 cm³/mol. The molecule has 2 nitrogen and oxygen atoms in total. The molecule has 0 radical (unpaired) electrons. The second kappa shape index (κ2) is 4.74. The van der Waals surface area contributed by atoms with Crippen molar-refractivity contribution in [2.45, 2.75) is 19.4 Å². The Bertz CT molecular complexity index is 448. The molecule has 0 saturated heterocycles. The number of nitrogens with two attached hydrogens (primary N) is 1. The molecular formula is C10H11BrN2S2. The van der Waals surface area contributed by atoms with Crippen LogP contribution in [0, 0.1) is 0 Å². The van der Waals surface area contributed by atoms with E-state index in [1.807, 2.05) is 6.92 Å². The van der Waals surface area contributed by atoms with Gasteiger partial charge in [0, 0.05) is 27.7 Å². The summed E-state index contributed by atoms with van der Waals surface area (Å²) in [7, 11) is 0. The third-order valence-corrected chi connectivity index (χ3v) is 4.61. The molecule has 0 bridgehead atoms. The van der Waals surface area contributed by atoms with E-state index in [0.29, 0.717) is 0 Å². The van der Waals surface area contributed by atoms with Crippen molar-refractivity contribution in [3.05, 3.63) is 27.0 Å². The Hall–Kier alpha value is -0.230. The number of thiazole rings is 1. The van der Waals surface area contributed by atoms with Gasteiger partial charge in [-0.05, 0) is 28.9 Å². The van der Waals surface area contributed by atoms with Crippen LogP contribution in [0.2, 0.25) is 0 Å². The van der Waals surface area contributed by atoms with Crippen LogP contribution in [0.4, 0.5) is 0 Å². The first-order chi connectivity index (χ1) is 7.15. The van der Waals surface area contributed by atoms with E-state index in [1.165, 1.54) is 4.88 Å². The lowest BCUT2D eigenvalue weighted by molar-refractivity contribution is 0.726. The minimum Gasteiger partial charge on any atom is -0.328 e. The van der Waals surface area contributed by atoms with Gasteiger partial charge in [0.15, 0.2) is 0 Å². The molecule has 0 aliphatic carbocycles. The van der Waals surface area contributed by atoms with E-state index >= 15 is 0 Å². The van der Waals surface area contributed by atoms with Crippen LogP contribution >= 0.6 is 38.6 Å². The van der Waals surface area contributed by atoms with E-state index in [1.54, 1.807) is 22.7 Å². The van der Waals surface area contributed by atoms with Gasteiger partial charge in [-0.15, -0.1) is 22.7 Å². The van der Waals surface area contributed by atoms with Crippen molar-refractivity contribution >= 4 is 38.6 Å². The minimum absolute atomic E-state index is 0.176. The number of aromatic nitrogens is 1.